The third-order valence-electron chi connectivity index (χ3n) is 4.39. The Morgan fingerprint density at radius 1 is 1.35 bits per heavy atom. The van der Waals surface area contributed by atoms with E-state index in [-0.39, 0.29) is 5.41 Å². The highest BCUT2D eigenvalue weighted by molar-refractivity contribution is 5.32. The van der Waals surface area contributed by atoms with Crippen LogP contribution in [0.3, 0.4) is 0 Å². The molecule has 1 fully saturated rings. The second-order valence-electron chi connectivity index (χ2n) is 5.14. The molecule has 1 atom stereocenters. The molecule has 3 heteroatoms. The van der Waals surface area contributed by atoms with E-state index in [4.69, 9.17) is 10.5 Å². The maximum Gasteiger partial charge on any atom is 0.118 e. The molecule has 1 aromatic carbocycles. The quantitative estimate of drug-likeness (QED) is 0.839. The van der Waals surface area contributed by atoms with E-state index in [1.54, 1.807) is 7.11 Å². The van der Waals surface area contributed by atoms with Crippen molar-refractivity contribution >= 4 is 0 Å². The molecule has 3 N–H and O–H groups in total. The fourth-order valence-electron chi connectivity index (χ4n) is 2.71. The third-order valence-corrected chi connectivity index (χ3v) is 4.39. The molecule has 0 amide bonds. The van der Waals surface area contributed by atoms with Crippen LogP contribution in [0.5, 0.6) is 5.75 Å². The summed E-state index contributed by atoms with van der Waals surface area (Å²) in [5.41, 5.74) is 5.78. The zero-order chi connectivity index (χ0) is 12.5. The van der Waals surface area contributed by atoms with Gasteiger partial charge in [0, 0.05) is 12.0 Å². The van der Waals surface area contributed by atoms with Crippen LogP contribution in [0.4, 0.5) is 0 Å². The topological polar surface area (TPSA) is 55.5 Å². The van der Waals surface area contributed by atoms with Gasteiger partial charge in [0.2, 0.25) is 0 Å². The van der Waals surface area contributed by atoms with E-state index in [0.717, 1.165) is 30.6 Å². The van der Waals surface area contributed by atoms with Crippen molar-refractivity contribution in [3.8, 4) is 5.75 Å². The maximum atomic E-state index is 10.8. The predicted octanol–water partition coefficient (Wildman–Crippen LogP) is 2.03. The highest BCUT2D eigenvalue weighted by atomic mass is 16.5. The van der Waals surface area contributed by atoms with E-state index in [9.17, 15) is 5.11 Å². The molecule has 1 aliphatic rings. The van der Waals surface area contributed by atoms with Crippen LogP contribution in [0, 0.1) is 5.41 Å². The summed E-state index contributed by atoms with van der Waals surface area (Å²) in [5, 5.41) is 10.8. The number of aliphatic hydroxyl groups is 1. The van der Waals surface area contributed by atoms with Gasteiger partial charge >= 0.3 is 0 Å². The van der Waals surface area contributed by atoms with Crippen molar-refractivity contribution in [1.82, 2.24) is 0 Å². The van der Waals surface area contributed by atoms with Gasteiger partial charge < -0.3 is 15.6 Å². The highest BCUT2D eigenvalue weighted by Crippen LogP contribution is 2.53. The van der Waals surface area contributed by atoms with Crippen LogP contribution in [0.1, 0.15) is 31.7 Å². The van der Waals surface area contributed by atoms with Crippen molar-refractivity contribution in [3.05, 3.63) is 29.8 Å². The minimum Gasteiger partial charge on any atom is -0.497 e. The van der Waals surface area contributed by atoms with Gasteiger partial charge in [0.25, 0.3) is 0 Å². The van der Waals surface area contributed by atoms with E-state index >= 15 is 0 Å². The zero-order valence-corrected chi connectivity index (χ0v) is 10.6. The van der Waals surface area contributed by atoms with E-state index in [0.29, 0.717) is 6.54 Å². The number of hydrogen-bond donors (Lipinski definition) is 2. The van der Waals surface area contributed by atoms with Crippen LogP contribution in [0.25, 0.3) is 0 Å². The number of methoxy groups -OCH3 is 1. The standard InChI is InChI=1S/C14H21NO2/c1-13(16,14(10-15)8-3-9-14)11-4-6-12(17-2)7-5-11/h4-7,16H,3,8-10,15H2,1-2H3. The minimum absolute atomic E-state index is 0.151. The van der Waals surface area contributed by atoms with E-state index in [2.05, 4.69) is 0 Å². The van der Waals surface area contributed by atoms with Gasteiger partial charge in [-0.1, -0.05) is 18.6 Å². The number of rotatable bonds is 4. The summed E-state index contributed by atoms with van der Waals surface area (Å²) < 4.78 is 5.13. The molecule has 2 rings (SSSR count). The Kier molecular flexibility index (Phi) is 3.15. The lowest BCUT2D eigenvalue weighted by Crippen LogP contribution is -2.52. The van der Waals surface area contributed by atoms with Crippen molar-refractivity contribution in [1.29, 1.82) is 0 Å². The van der Waals surface area contributed by atoms with Gasteiger partial charge in [-0.25, -0.2) is 0 Å². The molecule has 1 aliphatic carbocycles. The molecule has 0 spiro atoms. The van der Waals surface area contributed by atoms with Crippen LogP contribution in [0.2, 0.25) is 0 Å². The normalized spacial score (nSPS) is 21.4. The molecule has 0 saturated heterocycles. The van der Waals surface area contributed by atoms with Gasteiger partial charge in [0.05, 0.1) is 12.7 Å². The van der Waals surface area contributed by atoms with Gasteiger partial charge in [-0.3, -0.25) is 0 Å². The molecule has 3 nitrogen and oxygen atoms in total. The van der Waals surface area contributed by atoms with Gasteiger partial charge in [0.1, 0.15) is 5.75 Å². The van der Waals surface area contributed by atoms with Crippen molar-refractivity contribution in [2.75, 3.05) is 13.7 Å². The maximum absolute atomic E-state index is 10.8. The summed E-state index contributed by atoms with van der Waals surface area (Å²) in [5.74, 6) is 0.806. The zero-order valence-electron chi connectivity index (χ0n) is 10.6. The average Bonchev–Trinajstić information content (AvgIpc) is 2.28. The van der Waals surface area contributed by atoms with Crippen molar-refractivity contribution in [2.24, 2.45) is 11.1 Å². The largest absolute Gasteiger partial charge is 0.497 e. The molecular weight excluding hydrogens is 214 g/mol. The van der Waals surface area contributed by atoms with Gasteiger partial charge in [-0.15, -0.1) is 0 Å². The molecule has 1 aromatic rings. The van der Waals surface area contributed by atoms with Crippen molar-refractivity contribution in [3.63, 3.8) is 0 Å². The molecule has 0 heterocycles. The summed E-state index contributed by atoms with van der Waals surface area (Å²) in [6, 6.07) is 7.61. The monoisotopic (exact) mass is 235 g/mol. The minimum atomic E-state index is -0.855. The molecule has 17 heavy (non-hydrogen) atoms. The molecule has 94 valence electrons. The van der Waals surface area contributed by atoms with E-state index in [1.165, 1.54) is 0 Å². The molecule has 1 unspecified atom stereocenters. The van der Waals surface area contributed by atoms with Crippen molar-refractivity contribution < 1.29 is 9.84 Å². The lowest BCUT2D eigenvalue weighted by molar-refractivity contribution is -0.116. The number of hydrogen-bond acceptors (Lipinski definition) is 3. The SMILES string of the molecule is COc1ccc(C(C)(O)C2(CN)CCC2)cc1. The first-order chi connectivity index (χ1) is 8.05. The van der Waals surface area contributed by atoms with Crippen LogP contribution < -0.4 is 10.5 Å². The fourth-order valence-corrected chi connectivity index (χ4v) is 2.71. The van der Waals surface area contributed by atoms with Crippen LogP contribution in [0.15, 0.2) is 24.3 Å². The highest BCUT2D eigenvalue weighted by Gasteiger charge is 2.51. The molecular formula is C14H21NO2. The molecule has 0 bridgehead atoms. The Hall–Kier alpha value is -1.06. The first kappa shape index (κ1) is 12.4. The van der Waals surface area contributed by atoms with E-state index in [1.807, 2.05) is 31.2 Å². The smallest absolute Gasteiger partial charge is 0.118 e. The van der Waals surface area contributed by atoms with Gasteiger partial charge in [0.15, 0.2) is 0 Å². The van der Waals surface area contributed by atoms with Crippen LogP contribution in [-0.4, -0.2) is 18.8 Å². The molecule has 0 aliphatic heterocycles. The summed E-state index contributed by atoms with van der Waals surface area (Å²) in [6.45, 7) is 2.41. The summed E-state index contributed by atoms with van der Waals surface area (Å²) in [4.78, 5) is 0. The summed E-state index contributed by atoms with van der Waals surface area (Å²) >= 11 is 0. The molecule has 1 saturated carbocycles. The summed E-state index contributed by atoms with van der Waals surface area (Å²) in [7, 11) is 1.64. The Morgan fingerprint density at radius 2 is 1.94 bits per heavy atom. The third kappa shape index (κ3) is 1.83. The Bertz CT molecular complexity index is 374. The first-order valence-electron chi connectivity index (χ1n) is 6.13. The lowest BCUT2D eigenvalue weighted by atomic mass is 9.57. The second-order valence-corrected chi connectivity index (χ2v) is 5.14. The lowest BCUT2D eigenvalue weighted by Gasteiger charge is -2.51. The molecule has 0 aromatic heterocycles. The Balaban J connectivity index is 2.30. The van der Waals surface area contributed by atoms with Crippen LogP contribution >= 0.6 is 0 Å². The Labute approximate surface area is 103 Å². The first-order valence-corrected chi connectivity index (χ1v) is 6.13. The Morgan fingerprint density at radius 3 is 2.29 bits per heavy atom. The van der Waals surface area contributed by atoms with Crippen molar-refractivity contribution in [2.45, 2.75) is 31.8 Å². The fraction of sp³-hybridized carbons (Fsp3) is 0.571. The number of nitrogens with two attached hydrogens (primary N) is 1. The second kappa shape index (κ2) is 4.31. The average molecular weight is 235 g/mol. The van der Waals surface area contributed by atoms with E-state index < -0.39 is 5.60 Å². The predicted molar refractivity (Wildman–Crippen MR) is 67.9 cm³/mol. The number of benzene rings is 1. The van der Waals surface area contributed by atoms with Crippen LogP contribution in [-0.2, 0) is 5.60 Å². The molecule has 0 radical (unpaired) electrons. The van der Waals surface area contributed by atoms with Gasteiger partial charge in [-0.05, 0) is 37.5 Å². The number of ether oxygens (including phenoxy) is 1. The summed E-state index contributed by atoms with van der Waals surface area (Å²) in [6.07, 6.45) is 3.16. The van der Waals surface area contributed by atoms with Gasteiger partial charge in [-0.2, -0.15) is 0 Å².